The molecule has 0 aromatic carbocycles. The van der Waals surface area contributed by atoms with Crippen LogP contribution in [-0.4, -0.2) is 28.8 Å². The molecule has 1 heterocycles. The van der Waals surface area contributed by atoms with Gasteiger partial charge in [-0.25, -0.2) is 9.78 Å². The van der Waals surface area contributed by atoms with Gasteiger partial charge in [-0.1, -0.05) is 24.4 Å². The molecule has 6 nitrogen and oxygen atoms in total. The third-order valence-corrected chi connectivity index (χ3v) is 4.09. The van der Waals surface area contributed by atoms with E-state index in [1.165, 1.54) is 6.20 Å². The number of carbonyl (C=O) groups excluding carboxylic acids is 1. The SMILES string of the molecule is CC(C)(C)OC(=O)NC1CCCCC1Nc1cc(Cl)c(C#N)cn1. The first-order valence-corrected chi connectivity index (χ1v) is 8.48. The number of nitriles is 1. The normalized spacial score (nSPS) is 20.8. The van der Waals surface area contributed by atoms with E-state index in [9.17, 15) is 4.79 Å². The highest BCUT2D eigenvalue weighted by Crippen LogP contribution is 2.24. The second kappa shape index (κ2) is 7.71. The molecule has 1 aromatic heterocycles. The summed E-state index contributed by atoms with van der Waals surface area (Å²) in [6.45, 7) is 5.52. The number of hydrogen-bond acceptors (Lipinski definition) is 5. The molecule has 2 rings (SSSR count). The van der Waals surface area contributed by atoms with Gasteiger partial charge >= 0.3 is 6.09 Å². The van der Waals surface area contributed by atoms with Crippen LogP contribution in [0.4, 0.5) is 10.6 Å². The van der Waals surface area contributed by atoms with Crippen LogP contribution in [0.15, 0.2) is 12.3 Å². The maximum Gasteiger partial charge on any atom is 0.407 e. The van der Waals surface area contributed by atoms with E-state index in [4.69, 9.17) is 21.6 Å². The molecule has 130 valence electrons. The minimum Gasteiger partial charge on any atom is -0.444 e. The van der Waals surface area contributed by atoms with Gasteiger partial charge in [-0.15, -0.1) is 0 Å². The van der Waals surface area contributed by atoms with Crippen molar-refractivity contribution in [1.29, 1.82) is 5.26 Å². The number of anilines is 1. The molecule has 1 fully saturated rings. The summed E-state index contributed by atoms with van der Waals surface area (Å²) in [5, 5.41) is 15.5. The highest BCUT2D eigenvalue weighted by atomic mass is 35.5. The first-order chi connectivity index (χ1) is 11.3. The molecule has 1 aliphatic rings. The van der Waals surface area contributed by atoms with Crippen molar-refractivity contribution in [2.45, 2.75) is 64.1 Å². The Morgan fingerprint density at radius 2 is 2.04 bits per heavy atom. The zero-order valence-corrected chi connectivity index (χ0v) is 15.0. The minimum absolute atomic E-state index is 0.0372. The Hall–Kier alpha value is -2.00. The van der Waals surface area contributed by atoms with Crippen LogP contribution in [0.1, 0.15) is 52.0 Å². The van der Waals surface area contributed by atoms with Gasteiger partial charge in [0.15, 0.2) is 0 Å². The molecule has 1 saturated carbocycles. The first kappa shape index (κ1) is 18.3. The van der Waals surface area contributed by atoms with Gasteiger partial charge in [0, 0.05) is 18.3 Å². The highest BCUT2D eigenvalue weighted by molar-refractivity contribution is 6.31. The number of hydrogen-bond donors (Lipinski definition) is 2. The zero-order chi connectivity index (χ0) is 17.7. The van der Waals surface area contributed by atoms with Crippen LogP contribution in [0.25, 0.3) is 0 Å². The van der Waals surface area contributed by atoms with Gasteiger partial charge in [0.05, 0.1) is 16.6 Å². The van der Waals surface area contributed by atoms with E-state index in [0.717, 1.165) is 25.7 Å². The molecule has 2 atom stereocenters. The van der Waals surface area contributed by atoms with Crippen molar-refractivity contribution in [2.75, 3.05) is 5.32 Å². The second-order valence-corrected chi connectivity index (χ2v) is 7.36. The summed E-state index contributed by atoms with van der Waals surface area (Å²) in [6.07, 6.45) is 4.96. The molecule has 24 heavy (non-hydrogen) atoms. The van der Waals surface area contributed by atoms with Crippen molar-refractivity contribution in [1.82, 2.24) is 10.3 Å². The summed E-state index contributed by atoms with van der Waals surface area (Å²) in [6, 6.07) is 3.63. The third kappa shape index (κ3) is 5.27. The van der Waals surface area contributed by atoms with E-state index >= 15 is 0 Å². The van der Waals surface area contributed by atoms with Crippen molar-refractivity contribution in [3.63, 3.8) is 0 Å². The fourth-order valence-corrected chi connectivity index (χ4v) is 2.91. The van der Waals surface area contributed by atoms with Crippen LogP contribution in [0.5, 0.6) is 0 Å². The van der Waals surface area contributed by atoms with Crippen LogP contribution in [0, 0.1) is 11.3 Å². The lowest BCUT2D eigenvalue weighted by Gasteiger charge is -2.33. The average molecular weight is 351 g/mol. The summed E-state index contributed by atoms with van der Waals surface area (Å²) in [7, 11) is 0. The number of halogens is 1. The summed E-state index contributed by atoms with van der Waals surface area (Å²) in [5.74, 6) is 0.599. The van der Waals surface area contributed by atoms with Crippen molar-refractivity contribution in [2.24, 2.45) is 0 Å². The van der Waals surface area contributed by atoms with Crippen LogP contribution in [0.2, 0.25) is 5.02 Å². The van der Waals surface area contributed by atoms with E-state index in [2.05, 4.69) is 15.6 Å². The number of carbonyl (C=O) groups is 1. The quantitative estimate of drug-likeness (QED) is 0.864. The molecule has 0 radical (unpaired) electrons. The standard InChI is InChI=1S/C17H23ClN4O2/c1-17(2,3)24-16(23)22-14-7-5-4-6-13(14)21-15-8-12(18)11(9-19)10-20-15/h8,10,13-14H,4-7H2,1-3H3,(H,20,21)(H,22,23). The summed E-state index contributed by atoms with van der Waals surface area (Å²) >= 11 is 6.05. The van der Waals surface area contributed by atoms with Gasteiger partial charge in [0.2, 0.25) is 0 Å². The van der Waals surface area contributed by atoms with Crippen molar-refractivity contribution >= 4 is 23.5 Å². The molecule has 1 amide bonds. The summed E-state index contributed by atoms with van der Waals surface area (Å²) in [4.78, 5) is 16.2. The van der Waals surface area contributed by atoms with Gasteiger partial charge < -0.3 is 15.4 Å². The predicted octanol–water partition coefficient (Wildman–Crippen LogP) is 3.85. The number of nitrogens with zero attached hydrogens (tertiary/aromatic N) is 2. The average Bonchev–Trinajstić information content (AvgIpc) is 2.47. The number of alkyl carbamates (subject to hydrolysis) is 1. The number of pyridine rings is 1. The molecule has 0 saturated heterocycles. The number of amides is 1. The first-order valence-electron chi connectivity index (χ1n) is 8.10. The largest absolute Gasteiger partial charge is 0.444 e. The molecule has 2 unspecified atom stereocenters. The van der Waals surface area contributed by atoms with Gasteiger partial charge in [0.25, 0.3) is 0 Å². The van der Waals surface area contributed by atoms with E-state index in [-0.39, 0.29) is 12.1 Å². The fourth-order valence-electron chi connectivity index (χ4n) is 2.72. The Labute approximate surface area is 147 Å². The molecule has 0 aliphatic heterocycles. The summed E-state index contributed by atoms with van der Waals surface area (Å²) < 4.78 is 5.34. The van der Waals surface area contributed by atoms with Crippen molar-refractivity contribution in [3.8, 4) is 6.07 Å². The lowest BCUT2D eigenvalue weighted by molar-refractivity contribution is 0.0488. The highest BCUT2D eigenvalue weighted by Gasteiger charge is 2.28. The lowest BCUT2D eigenvalue weighted by atomic mass is 9.90. The Bertz CT molecular complexity index is 636. The monoisotopic (exact) mass is 350 g/mol. The Kier molecular flexibility index (Phi) is 5.89. The van der Waals surface area contributed by atoms with Gasteiger partial charge in [-0.05, 0) is 33.6 Å². The minimum atomic E-state index is -0.524. The van der Waals surface area contributed by atoms with Crippen LogP contribution >= 0.6 is 11.6 Å². The third-order valence-electron chi connectivity index (χ3n) is 3.78. The molecule has 7 heteroatoms. The van der Waals surface area contributed by atoms with E-state index in [0.29, 0.717) is 16.4 Å². The van der Waals surface area contributed by atoms with E-state index < -0.39 is 11.7 Å². The summed E-state index contributed by atoms with van der Waals surface area (Å²) in [5.41, 5.74) is -0.182. The molecule has 1 aliphatic carbocycles. The Morgan fingerprint density at radius 3 is 2.62 bits per heavy atom. The van der Waals surface area contributed by atoms with Crippen LogP contribution in [0.3, 0.4) is 0 Å². The van der Waals surface area contributed by atoms with Gasteiger partial charge in [-0.3, -0.25) is 0 Å². The number of rotatable bonds is 3. The molecular formula is C17H23ClN4O2. The smallest absolute Gasteiger partial charge is 0.407 e. The van der Waals surface area contributed by atoms with Gasteiger partial charge in [-0.2, -0.15) is 5.26 Å². The molecule has 1 aromatic rings. The van der Waals surface area contributed by atoms with Crippen LogP contribution < -0.4 is 10.6 Å². The number of ether oxygens (including phenoxy) is 1. The Morgan fingerprint density at radius 1 is 1.38 bits per heavy atom. The number of aromatic nitrogens is 1. The lowest BCUT2D eigenvalue weighted by Crippen LogP contribution is -2.49. The van der Waals surface area contributed by atoms with Crippen molar-refractivity contribution in [3.05, 3.63) is 22.8 Å². The second-order valence-electron chi connectivity index (χ2n) is 6.95. The molecular weight excluding hydrogens is 328 g/mol. The van der Waals surface area contributed by atoms with Crippen molar-refractivity contribution < 1.29 is 9.53 Å². The van der Waals surface area contributed by atoms with E-state index in [1.54, 1.807) is 6.07 Å². The van der Waals surface area contributed by atoms with Crippen LogP contribution in [-0.2, 0) is 4.74 Å². The topological polar surface area (TPSA) is 87.0 Å². The zero-order valence-electron chi connectivity index (χ0n) is 14.2. The maximum absolute atomic E-state index is 12.0. The fraction of sp³-hybridized carbons (Fsp3) is 0.588. The molecule has 0 bridgehead atoms. The predicted molar refractivity (Wildman–Crippen MR) is 93.0 cm³/mol. The molecule has 2 N–H and O–H groups in total. The maximum atomic E-state index is 12.0. The van der Waals surface area contributed by atoms with E-state index in [1.807, 2.05) is 26.8 Å². The molecule has 0 spiro atoms. The number of nitrogens with one attached hydrogen (secondary N) is 2. The van der Waals surface area contributed by atoms with Gasteiger partial charge in [0.1, 0.15) is 17.5 Å². The Balaban J connectivity index is 2.03.